The van der Waals surface area contributed by atoms with Crippen LogP contribution in [0.5, 0.6) is 0 Å². The molecule has 0 atom stereocenters. The van der Waals surface area contributed by atoms with E-state index in [-0.39, 0.29) is 10.7 Å². The van der Waals surface area contributed by atoms with Crippen LogP contribution in [0.25, 0.3) is 0 Å². The lowest BCUT2D eigenvalue weighted by Gasteiger charge is -2.14. The largest absolute Gasteiger partial charge is 0.381 e. The highest BCUT2D eigenvalue weighted by molar-refractivity contribution is 7.89. The van der Waals surface area contributed by atoms with Crippen LogP contribution in [0.15, 0.2) is 11.1 Å². The van der Waals surface area contributed by atoms with Gasteiger partial charge in [-0.25, -0.2) is 8.42 Å². The molecule has 0 amide bonds. The Bertz CT molecular complexity index is 575. The molecule has 2 N–H and O–H groups in total. The normalized spacial score (nSPS) is 11.1. The molecule has 0 aromatic carbocycles. The quantitative estimate of drug-likeness (QED) is 0.689. The lowest BCUT2D eigenvalue weighted by molar-refractivity contribution is 0.479. The topological polar surface area (TPSA) is 129 Å². The molecule has 1 aromatic rings. The van der Waals surface area contributed by atoms with Crippen molar-refractivity contribution < 1.29 is 8.42 Å². The third-order valence-corrected chi connectivity index (χ3v) is 3.74. The van der Waals surface area contributed by atoms with Crippen molar-refractivity contribution in [1.82, 2.24) is 14.1 Å². The van der Waals surface area contributed by atoms with Crippen molar-refractivity contribution in [3.8, 4) is 12.1 Å². The molecule has 0 saturated carbocycles. The van der Waals surface area contributed by atoms with E-state index in [0.717, 1.165) is 4.31 Å². The number of sulfonamides is 1. The molecule has 1 heterocycles. The number of anilines is 1. The van der Waals surface area contributed by atoms with Crippen LogP contribution in [-0.2, 0) is 17.1 Å². The maximum absolute atomic E-state index is 12.0. The van der Waals surface area contributed by atoms with Crippen LogP contribution < -0.4 is 5.73 Å². The molecule has 0 aliphatic carbocycles. The molecule has 1 rings (SSSR count). The highest BCUT2D eigenvalue weighted by Gasteiger charge is 2.28. The van der Waals surface area contributed by atoms with Gasteiger partial charge in [0.25, 0.3) is 0 Å². The number of aromatic nitrogens is 2. The van der Waals surface area contributed by atoms with Gasteiger partial charge in [0.15, 0.2) is 5.82 Å². The van der Waals surface area contributed by atoms with Crippen molar-refractivity contribution in [2.24, 2.45) is 7.05 Å². The van der Waals surface area contributed by atoms with E-state index in [1.807, 2.05) is 0 Å². The second-order valence-electron chi connectivity index (χ2n) is 3.14. The molecule has 0 spiro atoms. The number of nitriles is 2. The number of aryl methyl sites for hydroxylation is 1. The van der Waals surface area contributed by atoms with Crippen LogP contribution >= 0.6 is 0 Å². The Morgan fingerprint density at radius 2 is 2.00 bits per heavy atom. The second kappa shape index (κ2) is 4.82. The average Bonchev–Trinajstić information content (AvgIpc) is 2.58. The number of hydrogen-bond acceptors (Lipinski definition) is 6. The number of rotatable bonds is 4. The molecule has 0 saturated heterocycles. The number of nitrogens with zero attached hydrogens (tertiary/aromatic N) is 5. The SMILES string of the molecule is Cn1cc(S(=O)(=O)N(CC#N)CC#N)c(N)n1. The summed E-state index contributed by atoms with van der Waals surface area (Å²) in [5.41, 5.74) is 5.45. The molecule has 0 unspecified atom stereocenters. The van der Waals surface area contributed by atoms with E-state index in [1.165, 1.54) is 17.9 Å². The number of nitrogens with two attached hydrogens (primary N) is 1. The summed E-state index contributed by atoms with van der Waals surface area (Å²) in [4.78, 5) is -0.203. The Kier molecular flexibility index (Phi) is 3.68. The summed E-state index contributed by atoms with van der Waals surface area (Å²) in [5, 5.41) is 20.8. The zero-order valence-corrected chi connectivity index (χ0v) is 9.85. The van der Waals surface area contributed by atoms with Crippen LogP contribution in [0.3, 0.4) is 0 Å². The maximum Gasteiger partial charge on any atom is 0.250 e. The molecule has 0 aliphatic rings. The molecule has 90 valence electrons. The van der Waals surface area contributed by atoms with Crippen molar-refractivity contribution in [3.05, 3.63) is 6.20 Å². The average molecular weight is 254 g/mol. The van der Waals surface area contributed by atoms with Gasteiger partial charge in [-0.2, -0.15) is 19.9 Å². The first-order chi connectivity index (χ1) is 7.93. The van der Waals surface area contributed by atoms with Gasteiger partial charge < -0.3 is 5.73 Å². The molecule has 8 nitrogen and oxygen atoms in total. The molecule has 0 radical (unpaired) electrons. The third-order valence-electron chi connectivity index (χ3n) is 1.93. The smallest absolute Gasteiger partial charge is 0.250 e. The molecule has 17 heavy (non-hydrogen) atoms. The van der Waals surface area contributed by atoms with E-state index in [0.29, 0.717) is 0 Å². The highest BCUT2D eigenvalue weighted by Crippen LogP contribution is 2.20. The minimum absolute atomic E-state index is 0.159. The molecule has 9 heteroatoms. The number of nitrogen functional groups attached to an aromatic ring is 1. The van der Waals surface area contributed by atoms with Crippen LogP contribution in [0.2, 0.25) is 0 Å². The lowest BCUT2D eigenvalue weighted by Crippen LogP contribution is -2.32. The minimum atomic E-state index is -3.96. The molecule has 1 aromatic heterocycles. The summed E-state index contributed by atoms with van der Waals surface area (Å²) in [6.45, 7) is -0.825. The first kappa shape index (κ1) is 13.0. The van der Waals surface area contributed by atoms with Gasteiger partial charge in [0.1, 0.15) is 18.0 Å². The van der Waals surface area contributed by atoms with Gasteiger partial charge in [-0.15, -0.1) is 0 Å². The van der Waals surface area contributed by atoms with E-state index in [4.69, 9.17) is 16.3 Å². The first-order valence-electron chi connectivity index (χ1n) is 4.46. The predicted octanol–water partition coefficient (Wildman–Crippen LogP) is -0.960. The van der Waals surface area contributed by atoms with E-state index in [2.05, 4.69) is 5.10 Å². The fourth-order valence-corrected chi connectivity index (χ4v) is 2.53. The van der Waals surface area contributed by atoms with Gasteiger partial charge in [0, 0.05) is 13.2 Å². The van der Waals surface area contributed by atoms with Crippen molar-refractivity contribution in [2.45, 2.75) is 4.90 Å². The maximum atomic E-state index is 12.0. The number of hydrogen-bond donors (Lipinski definition) is 1. The van der Waals surface area contributed by atoms with Crippen LogP contribution in [0, 0.1) is 22.7 Å². The lowest BCUT2D eigenvalue weighted by atomic mass is 10.6. The fourth-order valence-electron chi connectivity index (χ4n) is 1.21. The Morgan fingerprint density at radius 3 is 2.35 bits per heavy atom. The van der Waals surface area contributed by atoms with Crippen molar-refractivity contribution in [1.29, 1.82) is 10.5 Å². The molecular formula is C8H10N6O2S. The third kappa shape index (κ3) is 2.53. The van der Waals surface area contributed by atoms with Crippen LogP contribution in [-0.4, -0.2) is 35.6 Å². The van der Waals surface area contributed by atoms with E-state index in [1.54, 1.807) is 12.1 Å². The van der Waals surface area contributed by atoms with E-state index >= 15 is 0 Å². The summed E-state index contributed by atoms with van der Waals surface area (Å²) >= 11 is 0. The molecule has 0 fully saturated rings. The summed E-state index contributed by atoms with van der Waals surface area (Å²) in [7, 11) is -2.43. The Hall–Kier alpha value is -2.10. The zero-order valence-electron chi connectivity index (χ0n) is 9.03. The van der Waals surface area contributed by atoms with Gasteiger partial charge in [0.2, 0.25) is 10.0 Å². The Balaban J connectivity index is 3.22. The fraction of sp³-hybridized carbons (Fsp3) is 0.375. The Labute approximate surface area is 98.5 Å². The summed E-state index contributed by atoms with van der Waals surface area (Å²) in [6.07, 6.45) is 1.23. The first-order valence-corrected chi connectivity index (χ1v) is 5.90. The van der Waals surface area contributed by atoms with Crippen molar-refractivity contribution in [3.63, 3.8) is 0 Å². The van der Waals surface area contributed by atoms with Gasteiger partial charge in [-0.3, -0.25) is 4.68 Å². The van der Waals surface area contributed by atoms with Crippen molar-refractivity contribution >= 4 is 15.8 Å². The van der Waals surface area contributed by atoms with Gasteiger partial charge in [0.05, 0.1) is 12.1 Å². The Morgan fingerprint density at radius 1 is 1.47 bits per heavy atom. The molecule has 0 aliphatic heterocycles. The second-order valence-corrected chi connectivity index (χ2v) is 5.05. The highest BCUT2D eigenvalue weighted by atomic mass is 32.2. The summed E-state index contributed by atoms with van der Waals surface area (Å²) < 4.78 is 26.1. The standard InChI is InChI=1S/C8H10N6O2S/c1-13-6-7(8(11)12-13)17(15,16)14(4-2-9)5-3-10/h6H,4-5H2,1H3,(H2,11,12). The van der Waals surface area contributed by atoms with Gasteiger partial charge >= 0.3 is 0 Å². The summed E-state index contributed by atoms with van der Waals surface area (Å²) in [6, 6.07) is 3.36. The molecular weight excluding hydrogens is 244 g/mol. The zero-order chi connectivity index (χ0) is 13.1. The van der Waals surface area contributed by atoms with Gasteiger partial charge in [-0.1, -0.05) is 0 Å². The van der Waals surface area contributed by atoms with Gasteiger partial charge in [-0.05, 0) is 0 Å². The van der Waals surface area contributed by atoms with E-state index < -0.39 is 23.1 Å². The summed E-state index contributed by atoms with van der Waals surface area (Å²) in [5.74, 6) is -0.159. The minimum Gasteiger partial charge on any atom is -0.381 e. The predicted molar refractivity (Wildman–Crippen MR) is 57.6 cm³/mol. The monoisotopic (exact) mass is 254 g/mol. The molecule has 0 bridgehead atoms. The van der Waals surface area contributed by atoms with Crippen LogP contribution in [0.4, 0.5) is 5.82 Å². The van der Waals surface area contributed by atoms with Crippen molar-refractivity contribution in [2.75, 3.05) is 18.8 Å². The van der Waals surface area contributed by atoms with Crippen LogP contribution in [0.1, 0.15) is 0 Å². The van der Waals surface area contributed by atoms with E-state index in [9.17, 15) is 8.42 Å².